The number of hydrogen-bond donors (Lipinski definition) is 1. The summed E-state index contributed by atoms with van der Waals surface area (Å²) in [6, 6.07) is 16.1. The van der Waals surface area contributed by atoms with Crippen LogP contribution in [0.4, 0.5) is 0 Å². The molecule has 1 unspecified atom stereocenters. The molecule has 3 rings (SSSR count). The third-order valence-corrected chi connectivity index (χ3v) is 3.64. The highest BCUT2D eigenvalue weighted by Gasteiger charge is 2.10. The van der Waals surface area contributed by atoms with Crippen molar-refractivity contribution in [3.8, 4) is 17.4 Å². The Labute approximate surface area is 151 Å². The third-order valence-electron chi connectivity index (χ3n) is 3.64. The standard InChI is InChI=1S/C20H19N3O3/c1-15(16-9-12-21-13-10-16)23-19(24)14-25-17-5-7-18(8-6-17)26-20-4-2-3-11-22-20/h2-13,15H,14H2,1H3,(H,23,24). The van der Waals surface area contributed by atoms with Gasteiger partial charge in [-0.25, -0.2) is 4.98 Å². The summed E-state index contributed by atoms with van der Waals surface area (Å²) >= 11 is 0. The van der Waals surface area contributed by atoms with Gasteiger partial charge < -0.3 is 14.8 Å². The number of amides is 1. The minimum atomic E-state index is -0.192. The number of benzene rings is 1. The van der Waals surface area contributed by atoms with Crippen molar-refractivity contribution in [2.75, 3.05) is 6.61 Å². The summed E-state index contributed by atoms with van der Waals surface area (Å²) in [5, 5.41) is 2.89. The Morgan fingerprint density at radius 3 is 2.42 bits per heavy atom. The van der Waals surface area contributed by atoms with Gasteiger partial charge in [-0.1, -0.05) is 6.07 Å². The second-order valence-electron chi connectivity index (χ2n) is 5.60. The Morgan fingerprint density at radius 2 is 1.73 bits per heavy atom. The minimum absolute atomic E-state index is 0.0597. The van der Waals surface area contributed by atoms with E-state index in [1.165, 1.54) is 0 Å². The number of ether oxygens (including phenoxy) is 2. The molecular weight excluding hydrogens is 330 g/mol. The molecule has 132 valence electrons. The van der Waals surface area contributed by atoms with Crippen LogP contribution in [-0.2, 0) is 4.79 Å². The van der Waals surface area contributed by atoms with E-state index in [-0.39, 0.29) is 18.6 Å². The van der Waals surface area contributed by atoms with Crippen molar-refractivity contribution in [1.82, 2.24) is 15.3 Å². The van der Waals surface area contributed by atoms with Gasteiger partial charge >= 0.3 is 0 Å². The maximum Gasteiger partial charge on any atom is 0.258 e. The highest BCUT2D eigenvalue weighted by atomic mass is 16.5. The van der Waals surface area contributed by atoms with Gasteiger partial charge in [0.05, 0.1) is 6.04 Å². The van der Waals surface area contributed by atoms with Crippen LogP contribution in [0.3, 0.4) is 0 Å². The average molecular weight is 349 g/mol. The van der Waals surface area contributed by atoms with E-state index in [0.717, 1.165) is 5.56 Å². The normalized spacial score (nSPS) is 11.4. The van der Waals surface area contributed by atoms with E-state index in [4.69, 9.17) is 9.47 Å². The van der Waals surface area contributed by atoms with Gasteiger partial charge in [-0.3, -0.25) is 9.78 Å². The van der Waals surface area contributed by atoms with Gasteiger partial charge in [0.25, 0.3) is 5.91 Å². The first kappa shape index (κ1) is 17.4. The number of aromatic nitrogens is 2. The molecule has 3 aromatic rings. The van der Waals surface area contributed by atoms with E-state index >= 15 is 0 Å². The van der Waals surface area contributed by atoms with Crippen LogP contribution in [0, 0.1) is 0 Å². The van der Waals surface area contributed by atoms with E-state index in [1.807, 2.05) is 31.2 Å². The second kappa shape index (κ2) is 8.62. The lowest BCUT2D eigenvalue weighted by molar-refractivity contribution is -0.123. The van der Waals surface area contributed by atoms with Crippen LogP contribution < -0.4 is 14.8 Å². The molecule has 2 heterocycles. The monoisotopic (exact) mass is 349 g/mol. The first-order valence-corrected chi connectivity index (χ1v) is 8.22. The van der Waals surface area contributed by atoms with E-state index in [2.05, 4.69) is 15.3 Å². The van der Waals surface area contributed by atoms with Crippen LogP contribution >= 0.6 is 0 Å². The fraction of sp³-hybridized carbons (Fsp3) is 0.150. The average Bonchev–Trinajstić information content (AvgIpc) is 2.69. The lowest BCUT2D eigenvalue weighted by Gasteiger charge is -2.14. The summed E-state index contributed by atoms with van der Waals surface area (Å²) in [4.78, 5) is 20.1. The minimum Gasteiger partial charge on any atom is -0.484 e. The zero-order valence-electron chi connectivity index (χ0n) is 14.3. The van der Waals surface area contributed by atoms with E-state index < -0.39 is 0 Å². The van der Waals surface area contributed by atoms with Crippen molar-refractivity contribution in [2.45, 2.75) is 13.0 Å². The molecule has 0 aliphatic carbocycles. The van der Waals surface area contributed by atoms with Gasteiger partial charge in [0.2, 0.25) is 5.88 Å². The largest absolute Gasteiger partial charge is 0.484 e. The Morgan fingerprint density at radius 1 is 1.00 bits per heavy atom. The summed E-state index contributed by atoms with van der Waals surface area (Å²) in [7, 11) is 0. The Bertz CT molecular complexity index is 824. The number of nitrogens with one attached hydrogen (secondary N) is 1. The highest BCUT2D eigenvalue weighted by Crippen LogP contribution is 2.22. The van der Waals surface area contributed by atoms with Crippen molar-refractivity contribution in [1.29, 1.82) is 0 Å². The first-order chi connectivity index (χ1) is 12.7. The van der Waals surface area contributed by atoms with Crippen LogP contribution in [0.2, 0.25) is 0 Å². The molecular formula is C20H19N3O3. The van der Waals surface area contributed by atoms with Crippen LogP contribution in [0.15, 0.2) is 73.2 Å². The number of nitrogens with zero attached hydrogens (tertiary/aromatic N) is 2. The quantitative estimate of drug-likeness (QED) is 0.706. The molecule has 0 fully saturated rings. The van der Waals surface area contributed by atoms with E-state index in [0.29, 0.717) is 17.4 Å². The number of carbonyl (C=O) groups excluding carboxylic acids is 1. The zero-order chi connectivity index (χ0) is 18.2. The molecule has 0 bridgehead atoms. The van der Waals surface area contributed by atoms with Crippen LogP contribution in [0.25, 0.3) is 0 Å². The number of pyridine rings is 2. The number of rotatable bonds is 7. The zero-order valence-corrected chi connectivity index (χ0v) is 14.3. The molecule has 1 N–H and O–H groups in total. The van der Waals surface area contributed by atoms with Crippen molar-refractivity contribution >= 4 is 5.91 Å². The van der Waals surface area contributed by atoms with Crippen LogP contribution in [0.1, 0.15) is 18.5 Å². The van der Waals surface area contributed by atoms with Crippen molar-refractivity contribution in [3.63, 3.8) is 0 Å². The molecule has 6 heteroatoms. The van der Waals surface area contributed by atoms with Crippen molar-refractivity contribution in [2.24, 2.45) is 0 Å². The van der Waals surface area contributed by atoms with Gasteiger partial charge in [0.1, 0.15) is 11.5 Å². The lowest BCUT2D eigenvalue weighted by Crippen LogP contribution is -2.31. The molecule has 1 amide bonds. The summed E-state index contributed by atoms with van der Waals surface area (Å²) in [6.07, 6.45) is 5.06. The predicted octanol–water partition coefficient (Wildman–Crippen LogP) is 3.53. The molecule has 1 aromatic carbocycles. The van der Waals surface area contributed by atoms with Crippen molar-refractivity contribution < 1.29 is 14.3 Å². The molecule has 26 heavy (non-hydrogen) atoms. The third kappa shape index (κ3) is 5.04. The van der Waals surface area contributed by atoms with Gasteiger partial charge in [-0.05, 0) is 55.0 Å². The fourth-order valence-corrected chi connectivity index (χ4v) is 2.30. The maximum atomic E-state index is 12.0. The molecule has 0 aliphatic heterocycles. The first-order valence-electron chi connectivity index (χ1n) is 8.22. The maximum absolute atomic E-state index is 12.0. The molecule has 0 radical (unpaired) electrons. The van der Waals surface area contributed by atoms with Gasteiger partial charge in [-0.2, -0.15) is 0 Å². The van der Waals surface area contributed by atoms with Gasteiger partial charge in [-0.15, -0.1) is 0 Å². The SMILES string of the molecule is CC(NC(=O)COc1ccc(Oc2ccccn2)cc1)c1ccncc1. The Balaban J connectivity index is 1.48. The molecule has 6 nitrogen and oxygen atoms in total. The molecule has 0 aliphatic rings. The van der Waals surface area contributed by atoms with Crippen LogP contribution in [0.5, 0.6) is 17.4 Å². The predicted molar refractivity (Wildman–Crippen MR) is 97.0 cm³/mol. The molecule has 0 saturated heterocycles. The summed E-state index contributed by atoms with van der Waals surface area (Å²) in [5.74, 6) is 1.56. The number of carbonyl (C=O) groups is 1. The summed E-state index contributed by atoms with van der Waals surface area (Å²) in [5.41, 5.74) is 0.990. The molecule has 2 aromatic heterocycles. The second-order valence-corrected chi connectivity index (χ2v) is 5.60. The van der Waals surface area contributed by atoms with Crippen LogP contribution in [-0.4, -0.2) is 22.5 Å². The van der Waals surface area contributed by atoms with Crippen molar-refractivity contribution in [3.05, 3.63) is 78.8 Å². The molecule has 0 spiro atoms. The Kier molecular flexibility index (Phi) is 5.77. The highest BCUT2D eigenvalue weighted by molar-refractivity contribution is 5.78. The van der Waals surface area contributed by atoms with Gasteiger partial charge in [0, 0.05) is 24.7 Å². The van der Waals surface area contributed by atoms with E-state index in [1.54, 1.807) is 48.9 Å². The van der Waals surface area contributed by atoms with Gasteiger partial charge in [0.15, 0.2) is 6.61 Å². The summed E-state index contributed by atoms with van der Waals surface area (Å²) < 4.78 is 11.1. The smallest absolute Gasteiger partial charge is 0.258 e. The Hall–Kier alpha value is -3.41. The molecule has 1 atom stereocenters. The molecule has 0 saturated carbocycles. The number of hydrogen-bond acceptors (Lipinski definition) is 5. The summed E-state index contributed by atoms with van der Waals surface area (Å²) in [6.45, 7) is 1.85. The topological polar surface area (TPSA) is 73.3 Å². The fourth-order valence-electron chi connectivity index (χ4n) is 2.30. The van der Waals surface area contributed by atoms with E-state index in [9.17, 15) is 4.79 Å². The lowest BCUT2D eigenvalue weighted by atomic mass is 10.1.